The fraction of sp³-hybridized carbons (Fsp3) is 0.320. The van der Waals surface area contributed by atoms with Crippen LogP contribution >= 0.6 is 15.9 Å². The maximum Gasteiger partial charge on any atom is 0.171 e. The zero-order valence-electron chi connectivity index (χ0n) is 18.6. The number of nitrogens with zero attached hydrogens (tertiary/aromatic N) is 5. The third-order valence-corrected chi connectivity index (χ3v) is 6.69. The van der Waals surface area contributed by atoms with E-state index in [9.17, 15) is 0 Å². The van der Waals surface area contributed by atoms with Gasteiger partial charge in [-0.25, -0.2) is 4.98 Å². The molecule has 33 heavy (non-hydrogen) atoms. The first-order valence-electron chi connectivity index (χ1n) is 11.2. The first-order valence-corrected chi connectivity index (χ1v) is 12.0. The molecule has 8 heteroatoms. The van der Waals surface area contributed by atoms with Crippen LogP contribution in [0.3, 0.4) is 0 Å². The summed E-state index contributed by atoms with van der Waals surface area (Å²) in [6.45, 7) is 3.71. The van der Waals surface area contributed by atoms with Crippen LogP contribution in [0.5, 0.6) is 5.75 Å². The first-order chi connectivity index (χ1) is 16.2. The second kappa shape index (κ2) is 9.89. The predicted octanol–water partition coefficient (Wildman–Crippen LogP) is 4.89. The molecule has 1 N–H and O–H groups in total. The summed E-state index contributed by atoms with van der Waals surface area (Å²) < 4.78 is 8.05. The van der Waals surface area contributed by atoms with Gasteiger partial charge in [-0.2, -0.15) is 9.61 Å². The first kappa shape index (κ1) is 21.9. The van der Waals surface area contributed by atoms with Crippen LogP contribution in [0.2, 0.25) is 0 Å². The number of hydrogen-bond donors (Lipinski definition) is 1. The number of fused-ring (bicyclic) bond motifs is 1. The largest absolute Gasteiger partial charge is 0.497 e. The van der Waals surface area contributed by atoms with Crippen molar-refractivity contribution in [2.75, 3.05) is 25.5 Å². The smallest absolute Gasteiger partial charge is 0.171 e. The minimum atomic E-state index is 0.378. The van der Waals surface area contributed by atoms with E-state index in [1.807, 2.05) is 28.9 Å². The van der Waals surface area contributed by atoms with E-state index < -0.39 is 0 Å². The maximum atomic E-state index is 5.29. The number of benzene rings is 1. The molecule has 170 valence electrons. The van der Waals surface area contributed by atoms with E-state index in [1.165, 1.54) is 5.56 Å². The number of halogens is 1. The summed E-state index contributed by atoms with van der Waals surface area (Å²) in [7, 11) is 1.70. The van der Waals surface area contributed by atoms with E-state index in [0.29, 0.717) is 12.5 Å². The quantitative estimate of drug-likeness (QED) is 0.385. The molecule has 0 amide bonds. The van der Waals surface area contributed by atoms with Crippen molar-refractivity contribution in [1.82, 2.24) is 24.5 Å². The topological polar surface area (TPSA) is 67.6 Å². The number of methoxy groups -OCH3 is 1. The number of nitrogens with one attached hydrogen (secondary N) is 1. The molecule has 0 bridgehead atoms. The summed E-state index contributed by atoms with van der Waals surface area (Å²) in [6.07, 6.45) is 7.77. The Balaban J connectivity index is 1.36. The van der Waals surface area contributed by atoms with Crippen molar-refractivity contribution >= 4 is 27.4 Å². The van der Waals surface area contributed by atoms with Crippen molar-refractivity contribution in [1.29, 1.82) is 0 Å². The third kappa shape index (κ3) is 5.02. The van der Waals surface area contributed by atoms with E-state index in [-0.39, 0.29) is 0 Å². The second-order valence-corrected chi connectivity index (χ2v) is 9.29. The van der Waals surface area contributed by atoms with Crippen molar-refractivity contribution in [3.63, 3.8) is 0 Å². The van der Waals surface area contributed by atoms with Gasteiger partial charge in [-0.05, 0) is 64.6 Å². The molecular formula is C25H27BrN6O. The lowest BCUT2D eigenvalue weighted by Crippen LogP contribution is -2.34. The average Bonchev–Trinajstić information content (AvgIpc) is 3.24. The van der Waals surface area contributed by atoms with Crippen LogP contribution < -0.4 is 10.1 Å². The van der Waals surface area contributed by atoms with Crippen LogP contribution in [0.15, 0.2) is 65.5 Å². The molecular weight excluding hydrogens is 480 g/mol. The molecule has 5 rings (SSSR count). The van der Waals surface area contributed by atoms with Gasteiger partial charge in [0.05, 0.1) is 23.5 Å². The van der Waals surface area contributed by atoms with Gasteiger partial charge in [0.1, 0.15) is 11.6 Å². The Kier molecular flexibility index (Phi) is 6.55. The summed E-state index contributed by atoms with van der Waals surface area (Å²) in [5.41, 5.74) is 4.38. The highest BCUT2D eigenvalue weighted by Gasteiger charge is 2.24. The van der Waals surface area contributed by atoms with Gasteiger partial charge in [-0.3, -0.25) is 9.88 Å². The lowest BCUT2D eigenvalue weighted by molar-refractivity contribution is 0.198. The zero-order chi connectivity index (χ0) is 22.6. The number of likely N-dealkylation sites (tertiary alicyclic amines) is 1. The SMILES string of the molecule is COc1ccc(CN2CCCC(c3cc(NCc4cccnc4)n4ncc(Br)c4n3)C2)cc1. The lowest BCUT2D eigenvalue weighted by atomic mass is 9.94. The molecule has 0 saturated carbocycles. The molecule has 3 aromatic heterocycles. The molecule has 1 aliphatic heterocycles. The number of pyridine rings is 1. The number of anilines is 1. The molecule has 0 spiro atoms. The van der Waals surface area contributed by atoms with Crippen molar-refractivity contribution in [3.8, 4) is 5.75 Å². The predicted molar refractivity (Wildman–Crippen MR) is 132 cm³/mol. The summed E-state index contributed by atoms with van der Waals surface area (Å²) >= 11 is 3.62. The Morgan fingerprint density at radius 2 is 2.03 bits per heavy atom. The van der Waals surface area contributed by atoms with Gasteiger partial charge in [-0.15, -0.1) is 0 Å². The van der Waals surface area contributed by atoms with Gasteiger partial charge in [0.25, 0.3) is 0 Å². The third-order valence-electron chi connectivity index (χ3n) is 6.13. The van der Waals surface area contributed by atoms with Crippen LogP contribution in [-0.4, -0.2) is 44.7 Å². The molecule has 4 heterocycles. The van der Waals surface area contributed by atoms with Crippen LogP contribution in [0, 0.1) is 0 Å². The normalized spacial score (nSPS) is 16.7. The summed E-state index contributed by atoms with van der Waals surface area (Å²) in [6, 6.07) is 14.5. The molecule has 1 unspecified atom stereocenters. The number of rotatable bonds is 7. The fourth-order valence-corrected chi connectivity index (χ4v) is 4.76. The fourth-order valence-electron chi connectivity index (χ4n) is 4.41. The highest BCUT2D eigenvalue weighted by atomic mass is 79.9. The van der Waals surface area contributed by atoms with E-state index in [0.717, 1.165) is 65.4 Å². The molecule has 4 aromatic rings. The standard InChI is InChI=1S/C25H27BrN6O/c1-33-21-8-6-18(7-9-21)16-31-11-3-5-20(17-31)23-12-24(28-14-19-4-2-10-27-13-19)32-25(30-23)22(26)15-29-32/h2,4,6-10,12-13,15,20,28H,3,5,11,14,16-17H2,1H3. The van der Waals surface area contributed by atoms with E-state index in [1.54, 1.807) is 19.5 Å². The highest BCUT2D eigenvalue weighted by Crippen LogP contribution is 2.30. The Labute approximate surface area is 201 Å². The summed E-state index contributed by atoms with van der Waals surface area (Å²) in [4.78, 5) is 11.7. The van der Waals surface area contributed by atoms with Crippen LogP contribution in [0.25, 0.3) is 5.65 Å². The molecule has 1 aliphatic rings. The van der Waals surface area contributed by atoms with Crippen molar-refractivity contribution in [3.05, 3.63) is 82.3 Å². The van der Waals surface area contributed by atoms with Crippen LogP contribution in [0.4, 0.5) is 5.82 Å². The molecule has 7 nitrogen and oxygen atoms in total. The van der Waals surface area contributed by atoms with E-state index in [4.69, 9.17) is 9.72 Å². The van der Waals surface area contributed by atoms with E-state index in [2.05, 4.69) is 60.5 Å². The van der Waals surface area contributed by atoms with Gasteiger partial charge < -0.3 is 10.1 Å². The lowest BCUT2D eigenvalue weighted by Gasteiger charge is -2.32. The van der Waals surface area contributed by atoms with Crippen molar-refractivity contribution in [2.24, 2.45) is 0 Å². The monoisotopic (exact) mass is 506 g/mol. The Bertz CT molecular complexity index is 1210. The van der Waals surface area contributed by atoms with Gasteiger partial charge in [-0.1, -0.05) is 18.2 Å². The summed E-state index contributed by atoms with van der Waals surface area (Å²) in [5.74, 6) is 2.21. The van der Waals surface area contributed by atoms with Gasteiger partial charge in [0.2, 0.25) is 0 Å². The molecule has 0 radical (unpaired) electrons. The van der Waals surface area contributed by atoms with Crippen LogP contribution in [-0.2, 0) is 13.1 Å². The minimum absolute atomic E-state index is 0.378. The number of ether oxygens (including phenoxy) is 1. The van der Waals surface area contributed by atoms with Crippen molar-refractivity contribution in [2.45, 2.75) is 31.8 Å². The number of piperidine rings is 1. The maximum absolute atomic E-state index is 5.29. The van der Waals surface area contributed by atoms with Gasteiger partial charge in [0, 0.05) is 44.0 Å². The van der Waals surface area contributed by atoms with Crippen molar-refractivity contribution < 1.29 is 4.74 Å². The Hall–Kier alpha value is -2.97. The Morgan fingerprint density at radius 3 is 2.82 bits per heavy atom. The van der Waals surface area contributed by atoms with E-state index >= 15 is 0 Å². The molecule has 1 atom stereocenters. The van der Waals surface area contributed by atoms with Gasteiger partial charge >= 0.3 is 0 Å². The van der Waals surface area contributed by atoms with Crippen LogP contribution in [0.1, 0.15) is 35.6 Å². The average molecular weight is 507 g/mol. The molecule has 1 aromatic carbocycles. The van der Waals surface area contributed by atoms with Gasteiger partial charge in [0.15, 0.2) is 5.65 Å². The number of aromatic nitrogens is 4. The number of hydrogen-bond acceptors (Lipinski definition) is 6. The molecule has 0 aliphatic carbocycles. The molecule has 1 saturated heterocycles. The highest BCUT2D eigenvalue weighted by molar-refractivity contribution is 9.10. The second-order valence-electron chi connectivity index (χ2n) is 8.43. The molecule has 1 fully saturated rings. The summed E-state index contributed by atoms with van der Waals surface area (Å²) in [5, 5.41) is 8.04. The Morgan fingerprint density at radius 1 is 1.15 bits per heavy atom. The zero-order valence-corrected chi connectivity index (χ0v) is 20.2. The minimum Gasteiger partial charge on any atom is -0.497 e.